The molecular formula is C11H18O3. The average Bonchev–Trinajstić information content (AvgIpc) is 2.19. The Bertz CT molecular complexity index is 241. The molecule has 3 nitrogen and oxygen atoms in total. The number of Topliss-reactive ketones (excluding diaryl/α,β-unsaturated/α-hetero) is 1. The summed E-state index contributed by atoms with van der Waals surface area (Å²) in [5.41, 5.74) is -0.404. The van der Waals surface area contributed by atoms with E-state index in [0.29, 0.717) is 18.8 Å². The van der Waals surface area contributed by atoms with Gasteiger partial charge in [-0.3, -0.25) is 4.79 Å². The van der Waals surface area contributed by atoms with Crippen LogP contribution in [0.25, 0.3) is 0 Å². The van der Waals surface area contributed by atoms with Crippen molar-refractivity contribution in [2.75, 3.05) is 13.7 Å². The minimum atomic E-state index is -0.404. The molecule has 0 radical (unpaired) electrons. The molecule has 0 fully saturated rings. The number of hydrogen-bond acceptors (Lipinski definition) is 3. The molecule has 1 aliphatic heterocycles. The molecule has 0 bridgehead atoms. The van der Waals surface area contributed by atoms with Gasteiger partial charge in [0.05, 0.1) is 12.2 Å². The predicted octanol–water partition coefficient (Wildman–Crippen LogP) is 2.06. The summed E-state index contributed by atoms with van der Waals surface area (Å²) in [6.45, 7) is 4.45. The van der Waals surface area contributed by atoms with E-state index < -0.39 is 5.60 Å². The molecule has 80 valence electrons. The van der Waals surface area contributed by atoms with E-state index in [2.05, 4.69) is 0 Å². The van der Waals surface area contributed by atoms with Gasteiger partial charge in [-0.25, -0.2) is 0 Å². The number of ketones is 1. The fourth-order valence-corrected chi connectivity index (χ4v) is 1.30. The van der Waals surface area contributed by atoms with Gasteiger partial charge in [-0.05, 0) is 32.8 Å². The van der Waals surface area contributed by atoms with Gasteiger partial charge in [0.2, 0.25) is 0 Å². The Hall–Kier alpha value is -0.830. The lowest BCUT2D eigenvalue weighted by molar-refractivity contribution is -0.124. The van der Waals surface area contributed by atoms with E-state index in [4.69, 9.17) is 9.47 Å². The number of rotatable bonds is 4. The van der Waals surface area contributed by atoms with Crippen LogP contribution in [-0.4, -0.2) is 25.1 Å². The van der Waals surface area contributed by atoms with Gasteiger partial charge in [0.1, 0.15) is 0 Å². The first kappa shape index (κ1) is 11.2. The quantitative estimate of drug-likeness (QED) is 0.693. The largest absolute Gasteiger partial charge is 0.490 e. The molecule has 0 N–H and O–H groups in total. The molecule has 14 heavy (non-hydrogen) atoms. The van der Waals surface area contributed by atoms with Crippen LogP contribution in [0, 0.1) is 0 Å². The first-order valence-corrected chi connectivity index (χ1v) is 4.96. The molecule has 0 aromatic carbocycles. The van der Waals surface area contributed by atoms with Crippen LogP contribution in [0.15, 0.2) is 11.8 Å². The summed E-state index contributed by atoms with van der Waals surface area (Å²) in [4.78, 5) is 11.7. The van der Waals surface area contributed by atoms with Crippen molar-refractivity contribution in [2.24, 2.45) is 0 Å². The van der Waals surface area contributed by atoms with Gasteiger partial charge < -0.3 is 9.47 Å². The Balaban J connectivity index is 2.53. The van der Waals surface area contributed by atoms with Crippen LogP contribution in [0.4, 0.5) is 0 Å². The van der Waals surface area contributed by atoms with E-state index in [1.54, 1.807) is 7.11 Å². The maximum absolute atomic E-state index is 11.7. The smallest absolute Gasteiger partial charge is 0.199 e. The van der Waals surface area contributed by atoms with Crippen LogP contribution in [0.5, 0.6) is 0 Å². The number of carbonyl (C=O) groups excluding carboxylic acids is 1. The number of ether oxygens (including phenoxy) is 2. The highest BCUT2D eigenvalue weighted by molar-refractivity contribution is 5.94. The topological polar surface area (TPSA) is 35.5 Å². The summed E-state index contributed by atoms with van der Waals surface area (Å²) in [5, 5.41) is 0. The highest BCUT2D eigenvalue weighted by Gasteiger charge is 2.24. The van der Waals surface area contributed by atoms with Crippen LogP contribution in [0.1, 0.15) is 33.1 Å². The van der Waals surface area contributed by atoms with Gasteiger partial charge in [0, 0.05) is 13.5 Å². The van der Waals surface area contributed by atoms with E-state index in [1.807, 2.05) is 19.9 Å². The lowest BCUT2D eigenvalue weighted by Gasteiger charge is -2.23. The summed E-state index contributed by atoms with van der Waals surface area (Å²) < 4.78 is 10.5. The molecule has 1 rings (SSSR count). The van der Waals surface area contributed by atoms with Gasteiger partial charge >= 0.3 is 0 Å². The maximum atomic E-state index is 11.7. The summed E-state index contributed by atoms with van der Waals surface area (Å²) in [7, 11) is 1.61. The average molecular weight is 198 g/mol. The molecule has 1 aliphatic rings. The third-order valence-electron chi connectivity index (χ3n) is 2.35. The second-order valence-corrected chi connectivity index (χ2v) is 4.12. The Morgan fingerprint density at radius 1 is 1.64 bits per heavy atom. The van der Waals surface area contributed by atoms with Crippen molar-refractivity contribution in [2.45, 2.75) is 38.7 Å². The fourth-order valence-electron chi connectivity index (χ4n) is 1.30. The number of allylic oxidation sites excluding steroid dienone is 2. The minimum absolute atomic E-state index is 0.0385. The first-order valence-electron chi connectivity index (χ1n) is 4.96. The molecule has 0 aliphatic carbocycles. The second-order valence-electron chi connectivity index (χ2n) is 4.12. The standard InChI is InChI=1S/C11H18O3/c1-11(2,13-3)8-9(12)10-6-4-5-7-14-10/h6H,4-5,7-8H2,1-3H3. The van der Waals surface area contributed by atoms with Crippen molar-refractivity contribution >= 4 is 5.78 Å². The van der Waals surface area contributed by atoms with Crippen LogP contribution >= 0.6 is 0 Å². The lowest BCUT2D eigenvalue weighted by Crippen LogP contribution is -2.28. The van der Waals surface area contributed by atoms with Gasteiger partial charge in [0.15, 0.2) is 11.5 Å². The van der Waals surface area contributed by atoms with Crippen molar-refractivity contribution in [3.8, 4) is 0 Å². The monoisotopic (exact) mass is 198 g/mol. The molecule has 0 saturated carbocycles. The van der Waals surface area contributed by atoms with Gasteiger partial charge in [-0.1, -0.05) is 0 Å². The highest BCUT2D eigenvalue weighted by atomic mass is 16.5. The number of hydrogen-bond donors (Lipinski definition) is 0. The maximum Gasteiger partial charge on any atom is 0.199 e. The van der Waals surface area contributed by atoms with Gasteiger partial charge in [-0.15, -0.1) is 0 Å². The van der Waals surface area contributed by atoms with Crippen LogP contribution in [0.3, 0.4) is 0 Å². The highest BCUT2D eigenvalue weighted by Crippen LogP contribution is 2.19. The van der Waals surface area contributed by atoms with Crippen molar-refractivity contribution < 1.29 is 14.3 Å². The third kappa shape index (κ3) is 3.14. The Kier molecular flexibility index (Phi) is 3.69. The van der Waals surface area contributed by atoms with Crippen molar-refractivity contribution in [3.63, 3.8) is 0 Å². The van der Waals surface area contributed by atoms with E-state index in [-0.39, 0.29) is 5.78 Å². The summed E-state index contributed by atoms with van der Waals surface area (Å²) in [6.07, 6.45) is 4.19. The van der Waals surface area contributed by atoms with Crippen LogP contribution in [0.2, 0.25) is 0 Å². The molecule has 0 saturated heterocycles. The molecule has 0 aromatic heterocycles. The van der Waals surface area contributed by atoms with E-state index in [9.17, 15) is 4.79 Å². The first-order chi connectivity index (χ1) is 6.55. The zero-order chi connectivity index (χ0) is 10.6. The van der Waals surface area contributed by atoms with Gasteiger partial charge in [-0.2, -0.15) is 0 Å². The number of carbonyl (C=O) groups is 1. The zero-order valence-corrected chi connectivity index (χ0v) is 9.13. The van der Waals surface area contributed by atoms with Crippen LogP contribution < -0.4 is 0 Å². The third-order valence-corrected chi connectivity index (χ3v) is 2.35. The van der Waals surface area contributed by atoms with E-state index in [0.717, 1.165) is 12.8 Å². The van der Waals surface area contributed by atoms with Crippen molar-refractivity contribution in [1.82, 2.24) is 0 Å². The summed E-state index contributed by atoms with van der Waals surface area (Å²) in [5.74, 6) is 0.554. The molecule has 0 amide bonds. The molecule has 3 heteroatoms. The van der Waals surface area contributed by atoms with Crippen molar-refractivity contribution in [3.05, 3.63) is 11.8 Å². The van der Waals surface area contributed by atoms with Crippen molar-refractivity contribution in [1.29, 1.82) is 0 Å². The van der Waals surface area contributed by atoms with E-state index >= 15 is 0 Å². The summed E-state index contributed by atoms with van der Waals surface area (Å²) >= 11 is 0. The van der Waals surface area contributed by atoms with E-state index in [1.165, 1.54) is 0 Å². The lowest BCUT2D eigenvalue weighted by atomic mass is 10.00. The Morgan fingerprint density at radius 2 is 2.36 bits per heavy atom. The molecule has 1 heterocycles. The molecule has 0 unspecified atom stereocenters. The minimum Gasteiger partial charge on any atom is -0.490 e. The molecular weight excluding hydrogens is 180 g/mol. The normalized spacial score (nSPS) is 17.2. The number of methoxy groups -OCH3 is 1. The Morgan fingerprint density at radius 3 is 2.86 bits per heavy atom. The fraction of sp³-hybridized carbons (Fsp3) is 0.727. The predicted molar refractivity (Wildman–Crippen MR) is 54.0 cm³/mol. The molecule has 0 atom stereocenters. The SMILES string of the molecule is COC(C)(C)CC(=O)C1=CCCCO1. The zero-order valence-electron chi connectivity index (χ0n) is 9.13. The summed E-state index contributed by atoms with van der Waals surface area (Å²) in [6, 6.07) is 0. The van der Waals surface area contributed by atoms with Gasteiger partial charge in [0.25, 0.3) is 0 Å². The second kappa shape index (κ2) is 4.60. The van der Waals surface area contributed by atoms with Crippen LogP contribution in [-0.2, 0) is 14.3 Å². The molecule has 0 aromatic rings. The molecule has 0 spiro atoms. The Labute approximate surface area is 85.1 Å².